The molecule has 0 radical (unpaired) electrons. The predicted octanol–water partition coefficient (Wildman–Crippen LogP) is 4.30. The summed E-state index contributed by atoms with van der Waals surface area (Å²) in [5.74, 6) is 1.42. The molecular weight excluding hydrogens is 282 g/mol. The van der Waals surface area contributed by atoms with Gasteiger partial charge in [-0.15, -0.1) is 12.4 Å². The Balaban J connectivity index is 0.00000161. The highest BCUT2D eigenvalue weighted by Crippen LogP contribution is 2.41. The molecule has 1 N–H and O–H groups in total. The van der Waals surface area contributed by atoms with Gasteiger partial charge in [-0.1, -0.05) is 36.4 Å². The van der Waals surface area contributed by atoms with Crippen LogP contribution in [0.2, 0.25) is 0 Å². The number of methoxy groups -OCH3 is 1. The van der Waals surface area contributed by atoms with Gasteiger partial charge in [0.2, 0.25) is 0 Å². The third-order valence-electron chi connectivity index (χ3n) is 4.36. The fraction of sp³-hybridized carbons (Fsp3) is 0.333. The molecule has 2 atom stereocenters. The van der Waals surface area contributed by atoms with E-state index in [0.29, 0.717) is 12.0 Å². The number of nitrogens with one attached hydrogen (secondary N) is 1. The van der Waals surface area contributed by atoms with Crippen molar-refractivity contribution in [2.75, 3.05) is 14.2 Å². The summed E-state index contributed by atoms with van der Waals surface area (Å²) in [6.45, 7) is 0. The lowest BCUT2D eigenvalue weighted by molar-refractivity contribution is 0.414. The third-order valence-corrected chi connectivity index (χ3v) is 4.36. The first-order valence-electron chi connectivity index (χ1n) is 7.23. The van der Waals surface area contributed by atoms with Crippen LogP contribution in [0, 0.1) is 0 Å². The smallest absolute Gasteiger partial charge is 0.118 e. The molecule has 2 aromatic rings. The maximum Gasteiger partial charge on any atom is 0.118 e. The standard InChI is InChI=1S/C18H21NO.ClH/c1-19-18-12-11-15(16-5-3-4-6-17(16)18)13-7-9-14(20-2)10-8-13;/h3-10,15,18-19H,11-12H2,1-2H3;1H/t15?,18-;/m1./s1. The van der Waals surface area contributed by atoms with Crippen LogP contribution in [0.1, 0.15) is 41.5 Å². The average molecular weight is 304 g/mol. The largest absolute Gasteiger partial charge is 0.497 e. The fourth-order valence-electron chi connectivity index (χ4n) is 3.27. The molecule has 0 amide bonds. The van der Waals surface area contributed by atoms with Crippen LogP contribution in [0.4, 0.5) is 0 Å². The number of halogens is 1. The topological polar surface area (TPSA) is 21.3 Å². The SMILES string of the molecule is CN[C@@H]1CCC(c2ccc(OC)cc2)c2ccccc21.Cl. The number of hydrogen-bond donors (Lipinski definition) is 1. The first kappa shape index (κ1) is 15.9. The second-order valence-electron chi connectivity index (χ2n) is 5.37. The van der Waals surface area contributed by atoms with Crippen LogP contribution in [-0.2, 0) is 0 Å². The van der Waals surface area contributed by atoms with Crippen molar-refractivity contribution in [2.24, 2.45) is 0 Å². The van der Waals surface area contributed by atoms with Gasteiger partial charge in [0.15, 0.2) is 0 Å². The van der Waals surface area contributed by atoms with Crippen LogP contribution in [0.25, 0.3) is 0 Å². The summed E-state index contributed by atoms with van der Waals surface area (Å²) in [5.41, 5.74) is 4.29. The van der Waals surface area contributed by atoms with E-state index in [9.17, 15) is 0 Å². The first-order valence-corrected chi connectivity index (χ1v) is 7.23. The Morgan fingerprint density at radius 2 is 1.62 bits per heavy atom. The molecule has 2 nitrogen and oxygen atoms in total. The van der Waals surface area contributed by atoms with E-state index in [1.807, 2.05) is 0 Å². The lowest BCUT2D eigenvalue weighted by atomic mass is 9.77. The van der Waals surface area contributed by atoms with Crippen molar-refractivity contribution in [3.05, 3.63) is 65.2 Å². The van der Waals surface area contributed by atoms with Gasteiger partial charge in [-0.05, 0) is 48.7 Å². The van der Waals surface area contributed by atoms with E-state index in [0.717, 1.165) is 5.75 Å². The highest BCUT2D eigenvalue weighted by atomic mass is 35.5. The van der Waals surface area contributed by atoms with E-state index in [1.54, 1.807) is 7.11 Å². The number of fused-ring (bicyclic) bond motifs is 1. The molecule has 3 rings (SSSR count). The van der Waals surface area contributed by atoms with E-state index in [2.05, 4.69) is 60.9 Å². The minimum absolute atomic E-state index is 0. The molecule has 0 saturated heterocycles. The van der Waals surface area contributed by atoms with Crippen LogP contribution < -0.4 is 10.1 Å². The zero-order chi connectivity index (χ0) is 13.9. The molecule has 1 unspecified atom stereocenters. The Morgan fingerprint density at radius 1 is 0.952 bits per heavy atom. The van der Waals surface area contributed by atoms with Gasteiger partial charge in [0.05, 0.1) is 7.11 Å². The Kier molecular flexibility index (Phi) is 5.27. The van der Waals surface area contributed by atoms with Crippen LogP contribution >= 0.6 is 12.4 Å². The van der Waals surface area contributed by atoms with Gasteiger partial charge >= 0.3 is 0 Å². The molecule has 3 heteroatoms. The van der Waals surface area contributed by atoms with E-state index in [-0.39, 0.29) is 12.4 Å². The maximum absolute atomic E-state index is 5.25. The molecule has 112 valence electrons. The van der Waals surface area contributed by atoms with Crippen molar-refractivity contribution in [2.45, 2.75) is 24.8 Å². The summed E-state index contributed by atoms with van der Waals surface area (Å²) in [5, 5.41) is 3.43. The number of rotatable bonds is 3. The molecule has 0 heterocycles. The molecule has 0 spiro atoms. The van der Waals surface area contributed by atoms with Gasteiger partial charge in [-0.25, -0.2) is 0 Å². The van der Waals surface area contributed by atoms with Crippen LogP contribution in [-0.4, -0.2) is 14.2 Å². The van der Waals surface area contributed by atoms with Gasteiger partial charge < -0.3 is 10.1 Å². The quantitative estimate of drug-likeness (QED) is 0.912. The third kappa shape index (κ3) is 3.07. The minimum Gasteiger partial charge on any atom is -0.497 e. The second kappa shape index (κ2) is 6.97. The van der Waals surface area contributed by atoms with Gasteiger partial charge in [-0.3, -0.25) is 0 Å². The molecule has 1 aliphatic rings. The van der Waals surface area contributed by atoms with Gasteiger partial charge in [-0.2, -0.15) is 0 Å². The van der Waals surface area contributed by atoms with Crippen molar-refractivity contribution in [3.8, 4) is 5.75 Å². The lowest BCUT2D eigenvalue weighted by Gasteiger charge is -2.31. The van der Waals surface area contributed by atoms with Crippen molar-refractivity contribution >= 4 is 12.4 Å². The number of benzene rings is 2. The van der Waals surface area contributed by atoms with Crippen LogP contribution in [0.5, 0.6) is 5.75 Å². The molecule has 21 heavy (non-hydrogen) atoms. The first-order chi connectivity index (χ1) is 9.83. The Labute approximate surface area is 132 Å². The van der Waals surface area contributed by atoms with E-state index in [1.165, 1.54) is 29.5 Å². The van der Waals surface area contributed by atoms with Crippen LogP contribution in [0.15, 0.2) is 48.5 Å². The van der Waals surface area contributed by atoms with Gasteiger partial charge in [0, 0.05) is 12.0 Å². The Morgan fingerprint density at radius 3 is 2.24 bits per heavy atom. The molecule has 2 aromatic carbocycles. The molecule has 1 aliphatic carbocycles. The summed E-state index contributed by atoms with van der Waals surface area (Å²) in [4.78, 5) is 0. The summed E-state index contributed by atoms with van der Waals surface area (Å²) in [7, 11) is 3.76. The van der Waals surface area contributed by atoms with Gasteiger partial charge in [0.1, 0.15) is 5.75 Å². The summed E-state index contributed by atoms with van der Waals surface area (Å²) in [6, 6.07) is 17.8. The number of ether oxygens (including phenoxy) is 1. The Bertz CT molecular complexity index is 582. The lowest BCUT2D eigenvalue weighted by Crippen LogP contribution is -2.24. The van der Waals surface area contributed by atoms with E-state index >= 15 is 0 Å². The molecular formula is C18H22ClNO. The zero-order valence-electron chi connectivity index (χ0n) is 12.5. The second-order valence-corrected chi connectivity index (χ2v) is 5.37. The van der Waals surface area contributed by atoms with E-state index < -0.39 is 0 Å². The Hall–Kier alpha value is -1.51. The maximum atomic E-state index is 5.25. The highest BCUT2D eigenvalue weighted by molar-refractivity contribution is 5.85. The normalized spacial score (nSPS) is 20.3. The van der Waals surface area contributed by atoms with Crippen LogP contribution in [0.3, 0.4) is 0 Å². The number of hydrogen-bond acceptors (Lipinski definition) is 2. The van der Waals surface area contributed by atoms with Crippen molar-refractivity contribution in [1.82, 2.24) is 5.32 Å². The fourth-order valence-corrected chi connectivity index (χ4v) is 3.27. The predicted molar refractivity (Wildman–Crippen MR) is 89.6 cm³/mol. The van der Waals surface area contributed by atoms with Crippen molar-refractivity contribution in [3.63, 3.8) is 0 Å². The van der Waals surface area contributed by atoms with Crippen molar-refractivity contribution in [1.29, 1.82) is 0 Å². The minimum atomic E-state index is 0. The zero-order valence-corrected chi connectivity index (χ0v) is 13.3. The average Bonchev–Trinajstić information content (AvgIpc) is 2.54. The monoisotopic (exact) mass is 303 g/mol. The summed E-state index contributed by atoms with van der Waals surface area (Å²) in [6.07, 6.45) is 2.37. The summed E-state index contributed by atoms with van der Waals surface area (Å²) >= 11 is 0. The highest BCUT2D eigenvalue weighted by Gasteiger charge is 2.26. The van der Waals surface area contributed by atoms with E-state index in [4.69, 9.17) is 4.74 Å². The summed E-state index contributed by atoms with van der Waals surface area (Å²) < 4.78 is 5.25. The molecule has 0 saturated carbocycles. The molecule has 0 aliphatic heterocycles. The molecule has 0 aromatic heterocycles. The van der Waals surface area contributed by atoms with Gasteiger partial charge in [0.25, 0.3) is 0 Å². The molecule has 0 bridgehead atoms. The van der Waals surface area contributed by atoms with Crippen molar-refractivity contribution < 1.29 is 4.74 Å². The molecule has 0 fully saturated rings.